The van der Waals surface area contributed by atoms with E-state index in [0.717, 1.165) is 53.6 Å². The summed E-state index contributed by atoms with van der Waals surface area (Å²) in [6.45, 7) is 7.06. The third-order valence-electron chi connectivity index (χ3n) is 4.81. The average Bonchev–Trinajstić information content (AvgIpc) is 3.05. The minimum absolute atomic E-state index is 0.356. The number of nitrogens with one attached hydrogen (secondary N) is 1. The highest BCUT2D eigenvalue weighted by molar-refractivity contribution is 6.30. The van der Waals surface area contributed by atoms with Gasteiger partial charge in [0, 0.05) is 36.4 Å². The van der Waals surface area contributed by atoms with Crippen molar-refractivity contribution >= 4 is 34.1 Å². The van der Waals surface area contributed by atoms with Gasteiger partial charge in [-0.2, -0.15) is 5.10 Å². The molecule has 0 bridgehead atoms. The van der Waals surface area contributed by atoms with Gasteiger partial charge >= 0.3 is 0 Å². The van der Waals surface area contributed by atoms with Crippen molar-refractivity contribution in [2.45, 2.75) is 26.3 Å². The van der Waals surface area contributed by atoms with Crippen molar-refractivity contribution in [3.05, 3.63) is 41.3 Å². The zero-order chi connectivity index (χ0) is 17.4. The fourth-order valence-electron chi connectivity index (χ4n) is 3.59. The summed E-state index contributed by atoms with van der Waals surface area (Å²) >= 11 is 6.16. The summed E-state index contributed by atoms with van der Waals surface area (Å²) in [6.07, 6.45) is 2.47. The van der Waals surface area contributed by atoms with Crippen LogP contribution in [0.25, 0.3) is 11.0 Å². The largest absolute Gasteiger partial charge is 0.365 e. The Hall–Kier alpha value is -2.34. The predicted molar refractivity (Wildman–Crippen MR) is 102 cm³/mol. The number of hydrogen-bond acceptors (Lipinski definition) is 5. The molecule has 1 saturated heterocycles. The molecule has 0 saturated carbocycles. The molecule has 1 N–H and O–H groups in total. The molecular weight excluding hydrogens is 336 g/mol. The molecule has 7 heteroatoms. The fourth-order valence-corrected chi connectivity index (χ4v) is 3.77. The summed E-state index contributed by atoms with van der Waals surface area (Å²) in [5.41, 5.74) is 3.01. The smallest absolute Gasteiger partial charge is 0.160 e. The van der Waals surface area contributed by atoms with Crippen LogP contribution in [0.5, 0.6) is 0 Å². The number of nitrogens with zero attached hydrogens (tertiary/aromatic N) is 5. The van der Waals surface area contributed by atoms with Gasteiger partial charge in [0.1, 0.15) is 12.1 Å². The molecule has 1 aliphatic heterocycles. The van der Waals surface area contributed by atoms with E-state index < -0.39 is 0 Å². The van der Waals surface area contributed by atoms with Crippen LogP contribution in [0, 0.1) is 0 Å². The van der Waals surface area contributed by atoms with Crippen molar-refractivity contribution in [3.63, 3.8) is 0 Å². The zero-order valence-corrected chi connectivity index (χ0v) is 15.2. The number of H-pyrrole nitrogens is 1. The van der Waals surface area contributed by atoms with Crippen molar-refractivity contribution in [1.82, 2.24) is 20.2 Å². The molecule has 3 aromatic rings. The van der Waals surface area contributed by atoms with Crippen LogP contribution >= 0.6 is 11.6 Å². The van der Waals surface area contributed by atoms with E-state index in [9.17, 15) is 0 Å². The number of hydrogen-bond donors (Lipinski definition) is 1. The molecule has 1 atom stereocenters. The van der Waals surface area contributed by atoms with Gasteiger partial charge in [0.2, 0.25) is 0 Å². The van der Waals surface area contributed by atoms with Gasteiger partial charge < -0.3 is 9.80 Å². The number of aryl methyl sites for hydroxylation is 1. The van der Waals surface area contributed by atoms with Gasteiger partial charge in [0.25, 0.3) is 0 Å². The monoisotopic (exact) mass is 356 g/mol. The summed E-state index contributed by atoms with van der Waals surface area (Å²) in [5, 5.41) is 9.22. The molecule has 25 heavy (non-hydrogen) atoms. The van der Waals surface area contributed by atoms with Crippen molar-refractivity contribution in [1.29, 1.82) is 0 Å². The quantitative estimate of drug-likeness (QED) is 0.780. The van der Waals surface area contributed by atoms with Crippen LogP contribution in [0.1, 0.15) is 19.5 Å². The predicted octanol–water partition coefficient (Wildman–Crippen LogP) is 3.28. The Morgan fingerprint density at radius 2 is 2.16 bits per heavy atom. The standard InChI is InChI=1S/C18H21ClN6/c1-3-15-16-17(23-22-15)20-11-21-18(16)24-7-8-25(12(2)10-24)14-6-4-5-13(19)9-14/h4-6,9,11-12H,3,7-8,10H2,1-2H3,(H,20,21,22,23). The van der Waals surface area contributed by atoms with Crippen molar-refractivity contribution in [2.24, 2.45) is 0 Å². The van der Waals surface area contributed by atoms with E-state index in [2.05, 4.69) is 49.9 Å². The zero-order valence-electron chi connectivity index (χ0n) is 14.4. The molecule has 4 rings (SSSR count). The normalized spacial score (nSPS) is 18.1. The van der Waals surface area contributed by atoms with Crippen LogP contribution in [-0.4, -0.2) is 45.8 Å². The summed E-state index contributed by atoms with van der Waals surface area (Å²) in [6, 6.07) is 8.42. The lowest BCUT2D eigenvalue weighted by Gasteiger charge is -2.42. The molecule has 130 valence electrons. The second-order valence-corrected chi connectivity index (χ2v) is 6.85. The van der Waals surface area contributed by atoms with Gasteiger partial charge in [-0.15, -0.1) is 0 Å². The third-order valence-corrected chi connectivity index (χ3v) is 5.05. The average molecular weight is 357 g/mol. The van der Waals surface area contributed by atoms with Gasteiger partial charge in [-0.3, -0.25) is 5.10 Å². The summed E-state index contributed by atoms with van der Waals surface area (Å²) < 4.78 is 0. The Morgan fingerprint density at radius 3 is 2.92 bits per heavy atom. The Kier molecular flexibility index (Phi) is 4.21. The maximum Gasteiger partial charge on any atom is 0.160 e. The molecule has 0 spiro atoms. The fraction of sp³-hybridized carbons (Fsp3) is 0.389. The van der Waals surface area contributed by atoms with Crippen LogP contribution in [0.3, 0.4) is 0 Å². The molecule has 3 heterocycles. The maximum absolute atomic E-state index is 6.16. The van der Waals surface area contributed by atoms with E-state index in [0.29, 0.717) is 6.04 Å². The van der Waals surface area contributed by atoms with Crippen LogP contribution < -0.4 is 9.80 Å². The van der Waals surface area contributed by atoms with Gasteiger partial charge in [-0.25, -0.2) is 9.97 Å². The van der Waals surface area contributed by atoms with Gasteiger partial charge in [-0.1, -0.05) is 24.6 Å². The number of rotatable bonds is 3. The van der Waals surface area contributed by atoms with Crippen LogP contribution in [0.2, 0.25) is 5.02 Å². The number of anilines is 2. The van der Waals surface area contributed by atoms with E-state index in [-0.39, 0.29) is 0 Å². The number of fused-ring (bicyclic) bond motifs is 1. The van der Waals surface area contributed by atoms with Gasteiger partial charge in [-0.05, 0) is 31.5 Å². The van der Waals surface area contributed by atoms with E-state index >= 15 is 0 Å². The second-order valence-electron chi connectivity index (χ2n) is 6.41. The van der Waals surface area contributed by atoms with E-state index in [1.165, 1.54) is 5.69 Å². The Balaban J connectivity index is 1.62. The van der Waals surface area contributed by atoms with Crippen LogP contribution in [0.15, 0.2) is 30.6 Å². The molecule has 1 aliphatic rings. The first-order valence-electron chi connectivity index (χ1n) is 8.62. The summed E-state index contributed by atoms with van der Waals surface area (Å²) in [5.74, 6) is 0.980. The number of aromatic amines is 1. The number of halogens is 1. The lowest BCUT2D eigenvalue weighted by molar-refractivity contribution is 0.548. The lowest BCUT2D eigenvalue weighted by Crippen LogP contribution is -2.52. The second kappa shape index (κ2) is 6.52. The highest BCUT2D eigenvalue weighted by atomic mass is 35.5. The maximum atomic E-state index is 6.16. The Labute approximate surface area is 151 Å². The first-order chi connectivity index (χ1) is 12.2. The number of piperazine rings is 1. The third kappa shape index (κ3) is 2.91. The number of aromatic nitrogens is 4. The molecule has 0 amide bonds. The Bertz CT molecular complexity index is 892. The van der Waals surface area contributed by atoms with E-state index in [1.54, 1.807) is 6.33 Å². The summed E-state index contributed by atoms with van der Waals surface area (Å²) in [7, 11) is 0. The molecule has 1 unspecified atom stereocenters. The van der Waals surface area contributed by atoms with Gasteiger partial charge in [0.05, 0.1) is 11.1 Å². The van der Waals surface area contributed by atoms with Gasteiger partial charge in [0.15, 0.2) is 5.65 Å². The highest BCUT2D eigenvalue weighted by Crippen LogP contribution is 2.29. The molecule has 0 aliphatic carbocycles. The lowest BCUT2D eigenvalue weighted by atomic mass is 10.1. The first-order valence-corrected chi connectivity index (χ1v) is 9.00. The van der Waals surface area contributed by atoms with E-state index in [1.807, 2.05) is 18.2 Å². The van der Waals surface area contributed by atoms with Crippen molar-refractivity contribution in [2.75, 3.05) is 29.4 Å². The first kappa shape index (κ1) is 16.1. The molecule has 1 fully saturated rings. The van der Waals surface area contributed by atoms with Crippen LogP contribution in [0.4, 0.5) is 11.5 Å². The SMILES string of the molecule is CCc1n[nH]c2ncnc(N3CCN(c4cccc(Cl)c4)C(C)C3)c12. The van der Waals surface area contributed by atoms with E-state index in [4.69, 9.17) is 11.6 Å². The minimum atomic E-state index is 0.356. The minimum Gasteiger partial charge on any atom is -0.365 e. The molecule has 0 radical (unpaired) electrons. The molecular formula is C18H21ClN6. The summed E-state index contributed by atoms with van der Waals surface area (Å²) in [4.78, 5) is 13.6. The van der Waals surface area contributed by atoms with Crippen molar-refractivity contribution < 1.29 is 0 Å². The number of benzene rings is 1. The molecule has 2 aromatic heterocycles. The molecule has 1 aromatic carbocycles. The van der Waals surface area contributed by atoms with Crippen molar-refractivity contribution in [3.8, 4) is 0 Å². The van der Waals surface area contributed by atoms with Crippen LogP contribution in [-0.2, 0) is 6.42 Å². The Morgan fingerprint density at radius 1 is 1.28 bits per heavy atom. The highest BCUT2D eigenvalue weighted by Gasteiger charge is 2.27. The molecule has 6 nitrogen and oxygen atoms in total. The topological polar surface area (TPSA) is 60.9 Å².